The van der Waals surface area contributed by atoms with Gasteiger partial charge in [-0.05, 0) is 38.0 Å². The summed E-state index contributed by atoms with van der Waals surface area (Å²) < 4.78 is 13.0. The number of nitrogens with zero attached hydrogens (tertiary/aromatic N) is 1. The maximum absolute atomic E-state index is 13.0. The van der Waals surface area contributed by atoms with Crippen LogP contribution in [-0.2, 0) is 0 Å². The van der Waals surface area contributed by atoms with E-state index in [9.17, 15) is 4.39 Å². The van der Waals surface area contributed by atoms with Crippen molar-refractivity contribution in [3.8, 4) is 0 Å². The average molecular weight is 250 g/mol. The third-order valence-corrected chi connectivity index (χ3v) is 3.98. The van der Waals surface area contributed by atoms with Gasteiger partial charge in [-0.1, -0.05) is 19.1 Å². The summed E-state index contributed by atoms with van der Waals surface area (Å²) in [5.74, 6) is -0.160. The summed E-state index contributed by atoms with van der Waals surface area (Å²) >= 11 is 0. The molecule has 0 bridgehead atoms. The molecule has 0 radical (unpaired) electrons. The molecule has 1 fully saturated rings. The van der Waals surface area contributed by atoms with Gasteiger partial charge >= 0.3 is 0 Å². The van der Waals surface area contributed by atoms with Crippen molar-refractivity contribution in [2.45, 2.75) is 45.3 Å². The molecule has 0 saturated carbocycles. The van der Waals surface area contributed by atoms with Gasteiger partial charge < -0.3 is 5.32 Å². The van der Waals surface area contributed by atoms with Gasteiger partial charge in [0.25, 0.3) is 0 Å². The highest BCUT2D eigenvalue weighted by Gasteiger charge is 2.28. The van der Waals surface area contributed by atoms with Gasteiger partial charge in [-0.25, -0.2) is 4.39 Å². The highest BCUT2D eigenvalue weighted by atomic mass is 19.1. The number of halogens is 1. The van der Waals surface area contributed by atoms with Crippen molar-refractivity contribution in [2.24, 2.45) is 0 Å². The summed E-state index contributed by atoms with van der Waals surface area (Å²) in [5.41, 5.74) is 1.20. The molecule has 0 amide bonds. The van der Waals surface area contributed by atoms with E-state index in [1.807, 2.05) is 12.1 Å². The van der Waals surface area contributed by atoms with Crippen molar-refractivity contribution in [1.29, 1.82) is 0 Å². The molecule has 1 aromatic rings. The topological polar surface area (TPSA) is 15.3 Å². The van der Waals surface area contributed by atoms with Gasteiger partial charge in [0.1, 0.15) is 5.82 Å². The predicted molar refractivity (Wildman–Crippen MR) is 73.1 cm³/mol. The predicted octanol–water partition coefficient (Wildman–Crippen LogP) is 2.96. The van der Waals surface area contributed by atoms with E-state index in [4.69, 9.17) is 0 Å². The van der Waals surface area contributed by atoms with Crippen LogP contribution in [0.25, 0.3) is 0 Å². The van der Waals surface area contributed by atoms with E-state index < -0.39 is 0 Å². The Kier molecular flexibility index (Phi) is 4.36. The molecule has 0 aromatic heterocycles. The van der Waals surface area contributed by atoms with Crippen LogP contribution in [0.5, 0.6) is 0 Å². The molecule has 0 spiro atoms. The highest BCUT2D eigenvalue weighted by Crippen LogP contribution is 2.25. The van der Waals surface area contributed by atoms with Crippen molar-refractivity contribution in [3.63, 3.8) is 0 Å². The van der Waals surface area contributed by atoms with Crippen LogP contribution in [0, 0.1) is 5.82 Å². The van der Waals surface area contributed by atoms with E-state index >= 15 is 0 Å². The summed E-state index contributed by atoms with van der Waals surface area (Å²) in [6.07, 6.45) is 1.14. The summed E-state index contributed by atoms with van der Waals surface area (Å²) in [6, 6.07) is 8.35. The van der Waals surface area contributed by atoms with E-state index in [1.165, 1.54) is 5.56 Å². The van der Waals surface area contributed by atoms with Crippen molar-refractivity contribution in [1.82, 2.24) is 10.2 Å². The number of hydrogen-bond acceptors (Lipinski definition) is 2. The standard InChI is InChI=1S/C15H23FN2/c1-4-15-9-17-11(2)10-18(15)12(3)13-5-7-14(16)8-6-13/h5-8,11-12,15,17H,4,9-10H2,1-3H3. The molecule has 100 valence electrons. The number of rotatable bonds is 3. The monoisotopic (exact) mass is 250 g/mol. The van der Waals surface area contributed by atoms with Crippen LogP contribution in [0.2, 0.25) is 0 Å². The van der Waals surface area contributed by atoms with Crippen molar-refractivity contribution in [3.05, 3.63) is 35.6 Å². The second kappa shape index (κ2) is 5.81. The van der Waals surface area contributed by atoms with Gasteiger partial charge in [-0.2, -0.15) is 0 Å². The first kappa shape index (κ1) is 13.5. The minimum absolute atomic E-state index is 0.160. The lowest BCUT2D eigenvalue weighted by Gasteiger charge is -2.42. The van der Waals surface area contributed by atoms with Gasteiger partial charge in [-0.3, -0.25) is 4.90 Å². The zero-order valence-electron chi connectivity index (χ0n) is 11.5. The number of hydrogen-bond donors (Lipinski definition) is 1. The molecule has 2 nitrogen and oxygen atoms in total. The van der Waals surface area contributed by atoms with Gasteiger partial charge in [0.15, 0.2) is 0 Å². The summed E-state index contributed by atoms with van der Waals surface area (Å²) in [4.78, 5) is 2.54. The molecule has 1 aromatic carbocycles. The average Bonchev–Trinajstić information content (AvgIpc) is 2.39. The van der Waals surface area contributed by atoms with Crippen LogP contribution < -0.4 is 5.32 Å². The minimum atomic E-state index is -0.160. The summed E-state index contributed by atoms with van der Waals surface area (Å²) in [7, 11) is 0. The smallest absolute Gasteiger partial charge is 0.123 e. The normalized spacial score (nSPS) is 27.1. The Morgan fingerprint density at radius 2 is 2.06 bits per heavy atom. The molecule has 18 heavy (non-hydrogen) atoms. The molecular weight excluding hydrogens is 227 g/mol. The zero-order chi connectivity index (χ0) is 13.1. The Bertz CT molecular complexity index is 377. The van der Waals surface area contributed by atoms with Crippen LogP contribution in [-0.4, -0.2) is 30.1 Å². The van der Waals surface area contributed by atoms with Crippen LogP contribution >= 0.6 is 0 Å². The van der Waals surface area contributed by atoms with Gasteiger partial charge in [-0.15, -0.1) is 0 Å². The molecule has 3 heteroatoms. The van der Waals surface area contributed by atoms with Crippen molar-refractivity contribution < 1.29 is 4.39 Å². The molecule has 1 heterocycles. The minimum Gasteiger partial charge on any atom is -0.311 e. The molecule has 1 aliphatic rings. The summed E-state index contributed by atoms with van der Waals surface area (Å²) in [6.45, 7) is 8.76. The Morgan fingerprint density at radius 1 is 1.39 bits per heavy atom. The molecule has 3 atom stereocenters. The molecule has 0 aliphatic carbocycles. The zero-order valence-corrected chi connectivity index (χ0v) is 11.5. The molecular formula is C15H23FN2. The first-order chi connectivity index (χ1) is 8.61. The molecule has 3 unspecified atom stereocenters. The molecule has 1 aliphatic heterocycles. The van der Waals surface area contributed by atoms with Crippen LogP contribution in [0.1, 0.15) is 38.8 Å². The Hall–Kier alpha value is -0.930. The Morgan fingerprint density at radius 3 is 2.67 bits per heavy atom. The quantitative estimate of drug-likeness (QED) is 0.887. The fourth-order valence-electron chi connectivity index (χ4n) is 2.77. The number of nitrogens with one attached hydrogen (secondary N) is 1. The van der Waals surface area contributed by atoms with Crippen molar-refractivity contribution >= 4 is 0 Å². The number of benzene rings is 1. The van der Waals surface area contributed by atoms with E-state index in [2.05, 4.69) is 31.0 Å². The van der Waals surface area contributed by atoms with Crippen LogP contribution in [0.3, 0.4) is 0 Å². The van der Waals surface area contributed by atoms with E-state index in [1.54, 1.807) is 12.1 Å². The van der Waals surface area contributed by atoms with E-state index in [0.29, 0.717) is 18.1 Å². The van der Waals surface area contributed by atoms with Crippen molar-refractivity contribution in [2.75, 3.05) is 13.1 Å². The Labute approximate surface area is 109 Å². The fourth-order valence-corrected chi connectivity index (χ4v) is 2.77. The van der Waals surface area contributed by atoms with E-state index in [-0.39, 0.29) is 5.82 Å². The van der Waals surface area contributed by atoms with Gasteiger partial charge in [0, 0.05) is 31.2 Å². The molecule has 1 N–H and O–H groups in total. The van der Waals surface area contributed by atoms with Gasteiger partial charge in [0.05, 0.1) is 0 Å². The van der Waals surface area contributed by atoms with Crippen LogP contribution in [0.4, 0.5) is 4.39 Å². The fraction of sp³-hybridized carbons (Fsp3) is 0.600. The third-order valence-electron chi connectivity index (χ3n) is 3.98. The Balaban J connectivity index is 2.14. The largest absolute Gasteiger partial charge is 0.311 e. The van der Waals surface area contributed by atoms with E-state index in [0.717, 1.165) is 19.5 Å². The maximum atomic E-state index is 13.0. The molecule has 2 rings (SSSR count). The first-order valence-corrected chi connectivity index (χ1v) is 6.86. The SMILES string of the molecule is CCC1CNC(C)CN1C(C)c1ccc(F)cc1. The van der Waals surface area contributed by atoms with Crippen LogP contribution in [0.15, 0.2) is 24.3 Å². The van der Waals surface area contributed by atoms with Gasteiger partial charge in [0.2, 0.25) is 0 Å². The molecule has 1 saturated heterocycles. The second-order valence-corrected chi connectivity index (χ2v) is 5.30. The lowest BCUT2D eigenvalue weighted by atomic mass is 10.00. The third kappa shape index (κ3) is 2.90. The first-order valence-electron chi connectivity index (χ1n) is 6.86. The highest BCUT2D eigenvalue weighted by molar-refractivity contribution is 5.20. The maximum Gasteiger partial charge on any atom is 0.123 e. The summed E-state index contributed by atoms with van der Waals surface area (Å²) in [5, 5.41) is 3.53. The lowest BCUT2D eigenvalue weighted by Crippen LogP contribution is -2.55. The lowest BCUT2D eigenvalue weighted by molar-refractivity contribution is 0.0904. The number of piperazine rings is 1. The second-order valence-electron chi connectivity index (χ2n) is 5.30.